The van der Waals surface area contributed by atoms with Crippen LogP contribution in [0.15, 0.2) is 0 Å². The van der Waals surface area contributed by atoms with Gasteiger partial charge in [-0.2, -0.15) is 0 Å². The van der Waals surface area contributed by atoms with Gasteiger partial charge in [0.15, 0.2) is 0 Å². The van der Waals surface area contributed by atoms with E-state index in [1.54, 1.807) is 0 Å². The van der Waals surface area contributed by atoms with E-state index >= 15 is 0 Å². The molecule has 3 aliphatic rings. The molecule has 3 saturated heterocycles. The Bertz CT molecular complexity index is 263. The SMILES string of the molecule is O=C([C@H]1CCCCN1)N1C[C@H]2C[C@H]1CO2. The fourth-order valence-corrected chi connectivity index (χ4v) is 2.93. The van der Waals surface area contributed by atoms with E-state index < -0.39 is 0 Å². The number of fused-ring (bicyclic) bond motifs is 2. The van der Waals surface area contributed by atoms with Crippen molar-refractivity contribution in [3.63, 3.8) is 0 Å². The lowest BCUT2D eigenvalue weighted by atomic mass is 10.0. The Morgan fingerprint density at radius 3 is 2.93 bits per heavy atom. The summed E-state index contributed by atoms with van der Waals surface area (Å²) in [5.74, 6) is 0.311. The first-order valence-electron chi connectivity index (χ1n) is 6.00. The highest BCUT2D eigenvalue weighted by molar-refractivity contribution is 5.82. The van der Waals surface area contributed by atoms with E-state index in [0.717, 1.165) is 32.5 Å². The number of carbonyl (C=O) groups is 1. The van der Waals surface area contributed by atoms with Crippen LogP contribution in [0.3, 0.4) is 0 Å². The zero-order valence-electron chi connectivity index (χ0n) is 8.95. The molecular weight excluding hydrogens is 192 g/mol. The third-order valence-corrected chi connectivity index (χ3v) is 3.79. The van der Waals surface area contributed by atoms with E-state index in [0.29, 0.717) is 18.1 Å². The topological polar surface area (TPSA) is 41.6 Å². The van der Waals surface area contributed by atoms with Gasteiger partial charge in [-0.1, -0.05) is 6.42 Å². The summed E-state index contributed by atoms with van der Waals surface area (Å²) < 4.78 is 5.51. The van der Waals surface area contributed by atoms with Gasteiger partial charge in [0, 0.05) is 6.54 Å². The number of hydrogen-bond acceptors (Lipinski definition) is 3. The molecule has 84 valence electrons. The number of hydrogen-bond donors (Lipinski definition) is 1. The summed E-state index contributed by atoms with van der Waals surface area (Å²) in [6.07, 6.45) is 4.77. The fraction of sp³-hybridized carbons (Fsp3) is 0.909. The summed E-state index contributed by atoms with van der Waals surface area (Å²) >= 11 is 0. The summed E-state index contributed by atoms with van der Waals surface area (Å²) in [5.41, 5.74) is 0. The third-order valence-electron chi connectivity index (χ3n) is 3.79. The maximum Gasteiger partial charge on any atom is 0.240 e. The summed E-state index contributed by atoms with van der Waals surface area (Å²) in [4.78, 5) is 14.2. The monoisotopic (exact) mass is 210 g/mol. The van der Waals surface area contributed by atoms with Gasteiger partial charge in [-0.25, -0.2) is 0 Å². The van der Waals surface area contributed by atoms with Crippen molar-refractivity contribution in [2.45, 2.75) is 43.9 Å². The van der Waals surface area contributed by atoms with Gasteiger partial charge in [0.1, 0.15) is 0 Å². The van der Waals surface area contributed by atoms with Crippen molar-refractivity contribution in [2.75, 3.05) is 19.7 Å². The van der Waals surface area contributed by atoms with E-state index in [4.69, 9.17) is 4.74 Å². The van der Waals surface area contributed by atoms with E-state index in [1.807, 2.05) is 4.90 Å². The van der Waals surface area contributed by atoms with Crippen LogP contribution in [0.25, 0.3) is 0 Å². The van der Waals surface area contributed by atoms with Gasteiger partial charge >= 0.3 is 0 Å². The number of carbonyl (C=O) groups excluding carboxylic acids is 1. The van der Waals surface area contributed by atoms with Crippen LogP contribution in [0.2, 0.25) is 0 Å². The number of nitrogens with zero attached hydrogens (tertiary/aromatic N) is 1. The van der Waals surface area contributed by atoms with E-state index in [2.05, 4.69) is 5.32 Å². The van der Waals surface area contributed by atoms with Crippen LogP contribution in [-0.4, -0.2) is 48.7 Å². The van der Waals surface area contributed by atoms with Crippen molar-refractivity contribution in [3.05, 3.63) is 0 Å². The highest BCUT2D eigenvalue weighted by Gasteiger charge is 2.43. The van der Waals surface area contributed by atoms with Crippen molar-refractivity contribution in [2.24, 2.45) is 0 Å². The molecule has 1 amide bonds. The minimum Gasteiger partial charge on any atom is -0.374 e. The van der Waals surface area contributed by atoms with Gasteiger partial charge in [-0.05, 0) is 25.8 Å². The highest BCUT2D eigenvalue weighted by atomic mass is 16.5. The number of morpholine rings is 1. The number of ether oxygens (including phenoxy) is 1. The summed E-state index contributed by atoms with van der Waals surface area (Å²) in [6.45, 7) is 2.57. The van der Waals surface area contributed by atoms with Crippen molar-refractivity contribution in [1.29, 1.82) is 0 Å². The quantitative estimate of drug-likeness (QED) is 0.669. The fourth-order valence-electron chi connectivity index (χ4n) is 2.93. The molecule has 0 aliphatic carbocycles. The molecular formula is C11H18N2O2. The molecule has 4 nitrogen and oxygen atoms in total. The molecule has 0 radical (unpaired) electrons. The molecule has 0 aromatic heterocycles. The van der Waals surface area contributed by atoms with Crippen LogP contribution in [0.5, 0.6) is 0 Å². The van der Waals surface area contributed by atoms with Crippen molar-refractivity contribution in [1.82, 2.24) is 10.2 Å². The zero-order valence-corrected chi connectivity index (χ0v) is 8.95. The molecule has 0 aromatic rings. The molecule has 4 heteroatoms. The Morgan fingerprint density at radius 2 is 2.33 bits per heavy atom. The van der Waals surface area contributed by atoms with Gasteiger partial charge in [-0.15, -0.1) is 0 Å². The number of rotatable bonds is 1. The predicted octanol–water partition coefficient (Wildman–Crippen LogP) is 0.128. The van der Waals surface area contributed by atoms with Gasteiger partial charge in [0.05, 0.1) is 24.8 Å². The Kier molecular flexibility index (Phi) is 2.41. The third kappa shape index (κ3) is 1.66. The molecule has 1 N–H and O–H groups in total. The van der Waals surface area contributed by atoms with Gasteiger partial charge < -0.3 is 15.0 Å². The van der Waals surface area contributed by atoms with Gasteiger partial charge in [-0.3, -0.25) is 4.79 Å². The average molecular weight is 210 g/mol. The Morgan fingerprint density at radius 1 is 1.40 bits per heavy atom. The largest absolute Gasteiger partial charge is 0.374 e. The molecule has 3 rings (SSSR count). The first-order chi connectivity index (χ1) is 7.34. The highest BCUT2D eigenvalue weighted by Crippen LogP contribution is 2.28. The molecule has 3 atom stereocenters. The number of amides is 1. The summed E-state index contributed by atoms with van der Waals surface area (Å²) in [7, 11) is 0. The molecule has 3 fully saturated rings. The predicted molar refractivity (Wildman–Crippen MR) is 55.5 cm³/mol. The van der Waals surface area contributed by atoms with Crippen molar-refractivity contribution < 1.29 is 9.53 Å². The first kappa shape index (κ1) is 9.60. The Labute approximate surface area is 90.0 Å². The smallest absolute Gasteiger partial charge is 0.240 e. The van der Waals surface area contributed by atoms with E-state index in [1.165, 1.54) is 12.8 Å². The molecule has 15 heavy (non-hydrogen) atoms. The molecule has 0 aromatic carbocycles. The van der Waals surface area contributed by atoms with Crippen LogP contribution in [0, 0.1) is 0 Å². The minimum absolute atomic E-state index is 0.0816. The van der Waals surface area contributed by atoms with Crippen LogP contribution < -0.4 is 5.32 Å². The molecule has 0 unspecified atom stereocenters. The van der Waals surface area contributed by atoms with Gasteiger partial charge in [0.2, 0.25) is 5.91 Å². The molecule has 3 aliphatic heterocycles. The minimum atomic E-state index is 0.0816. The van der Waals surface area contributed by atoms with Crippen molar-refractivity contribution >= 4 is 5.91 Å². The lowest BCUT2D eigenvalue weighted by Gasteiger charge is -2.32. The standard InChI is InChI=1S/C11H18N2O2/c14-11(10-3-1-2-4-12-10)13-6-9-5-8(13)7-15-9/h8-10,12H,1-7H2/t8-,9+,10+/m0/s1. The first-order valence-corrected chi connectivity index (χ1v) is 6.00. The second-order valence-electron chi connectivity index (χ2n) is 4.84. The average Bonchev–Trinajstić information content (AvgIpc) is 2.91. The second kappa shape index (κ2) is 3.76. The number of likely N-dealkylation sites (tertiary alicyclic amines) is 1. The molecule has 3 heterocycles. The molecule has 0 spiro atoms. The lowest BCUT2D eigenvalue weighted by Crippen LogP contribution is -2.52. The molecule has 2 bridgehead atoms. The van der Waals surface area contributed by atoms with Crippen LogP contribution >= 0.6 is 0 Å². The zero-order chi connectivity index (χ0) is 10.3. The Balaban J connectivity index is 1.64. The maximum absolute atomic E-state index is 12.2. The van der Waals surface area contributed by atoms with E-state index in [9.17, 15) is 4.79 Å². The summed E-state index contributed by atoms with van der Waals surface area (Å²) in [5, 5.41) is 3.32. The summed E-state index contributed by atoms with van der Waals surface area (Å²) in [6, 6.07) is 0.448. The number of nitrogens with one attached hydrogen (secondary N) is 1. The van der Waals surface area contributed by atoms with Gasteiger partial charge in [0.25, 0.3) is 0 Å². The molecule has 0 saturated carbocycles. The normalized spacial score (nSPS) is 39.7. The van der Waals surface area contributed by atoms with Crippen molar-refractivity contribution in [3.8, 4) is 0 Å². The van der Waals surface area contributed by atoms with E-state index in [-0.39, 0.29) is 6.04 Å². The van der Waals surface area contributed by atoms with Crippen LogP contribution in [-0.2, 0) is 9.53 Å². The second-order valence-corrected chi connectivity index (χ2v) is 4.84. The maximum atomic E-state index is 12.2. The van der Waals surface area contributed by atoms with Crippen LogP contribution in [0.1, 0.15) is 25.7 Å². The lowest BCUT2D eigenvalue weighted by molar-refractivity contribution is -0.138. The van der Waals surface area contributed by atoms with Crippen LogP contribution in [0.4, 0.5) is 0 Å². The Hall–Kier alpha value is -0.610. The number of piperidine rings is 1.